The van der Waals surface area contributed by atoms with Crippen LogP contribution in [0.3, 0.4) is 0 Å². The van der Waals surface area contributed by atoms with Crippen LogP contribution in [-0.2, 0) is 4.79 Å². The number of halogens is 1. The first-order chi connectivity index (χ1) is 11.0. The highest BCUT2D eigenvalue weighted by Gasteiger charge is 2.29. The number of likely N-dealkylation sites (tertiary alicyclic amines) is 1. The fourth-order valence-corrected chi connectivity index (χ4v) is 3.40. The van der Waals surface area contributed by atoms with Gasteiger partial charge in [0.15, 0.2) is 0 Å². The summed E-state index contributed by atoms with van der Waals surface area (Å²) in [5.74, 6) is 0.992. The van der Waals surface area contributed by atoms with Gasteiger partial charge in [-0.3, -0.25) is 4.79 Å². The lowest BCUT2D eigenvalue weighted by Gasteiger charge is -2.37. The lowest BCUT2D eigenvalue weighted by molar-refractivity contribution is -0.135. The van der Waals surface area contributed by atoms with E-state index in [1.54, 1.807) is 0 Å². The molecular weight excluding hydrogens is 328 g/mol. The lowest BCUT2D eigenvalue weighted by atomic mass is 9.94. The molecule has 0 aromatic carbocycles. The molecule has 2 aliphatic heterocycles. The summed E-state index contributed by atoms with van der Waals surface area (Å²) in [7, 11) is 0. The van der Waals surface area contributed by atoms with Gasteiger partial charge in [0.2, 0.25) is 5.91 Å². The van der Waals surface area contributed by atoms with Gasteiger partial charge in [0.1, 0.15) is 0 Å². The second-order valence-corrected chi connectivity index (χ2v) is 7.38. The predicted molar refractivity (Wildman–Crippen MR) is 98.4 cm³/mol. The van der Waals surface area contributed by atoms with Crippen LogP contribution in [-0.4, -0.2) is 67.0 Å². The monoisotopic (exact) mass is 360 g/mol. The molecule has 2 saturated heterocycles. The van der Waals surface area contributed by atoms with Gasteiger partial charge in [-0.05, 0) is 31.6 Å². The van der Waals surface area contributed by atoms with Crippen molar-refractivity contribution in [3.63, 3.8) is 0 Å². The molecule has 0 aromatic heterocycles. The third-order valence-corrected chi connectivity index (χ3v) is 4.75. The van der Waals surface area contributed by atoms with Gasteiger partial charge in [-0.25, -0.2) is 4.79 Å². The zero-order chi connectivity index (χ0) is 16.8. The summed E-state index contributed by atoms with van der Waals surface area (Å²) in [4.78, 5) is 28.6. The molecule has 0 aliphatic carbocycles. The number of carbonyl (C=O) groups excluding carboxylic acids is 2. The second-order valence-electron chi connectivity index (χ2n) is 7.38. The molecule has 7 heteroatoms. The Balaban J connectivity index is 0.00000288. The molecule has 2 rings (SSSR count). The van der Waals surface area contributed by atoms with E-state index in [1.165, 1.54) is 0 Å². The van der Waals surface area contributed by atoms with E-state index in [4.69, 9.17) is 0 Å². The summed E-state index contributed by atoms with van der Waals surface area (Å²) in [5, 5.41) is 6.29. The minimum absolute atomic E-state index is 0. The molecule has 3 amide bonds. The Morgan fingerprint density at radius 2 is 2.04 bits per heavy atom. The van der Waals surface area contributed by atoms with E-state index in [-0.39, 0.29) is 30.4 Å². The fraction of sp³-hybridized carbons (Fsp3) is 0.882. The Labute approximate surface area is 152 Å². The first kappa shape index (κ1) is 21.0. The van der Waals surface area contributed by atoms with E-state index in [1.807, 2.05) is 9.80 Å². The maximum atomic E-state index is 12.5. The Hall–Kier alpha value is -1.01. The van der Waals surface area contributed by atoms with E-state index in [0.717, 1.165) is 39.0 Å². The van der Waals surface area contributed by atoms with Gasteiger partial charge in [0.05, 0.1) is 0 Å². The van der Waals surface area contributed by atoms with Gasteiger partial charge in [-0.1, -0.05) is 13.8 Å². The van der Waals surface area contributed by atoms with Gasteiger partial charge in [0.25, 0.3) is 0 Å². The molecule has 0 radical (unpaired) electrons. The van der Waals surface area contributed by atoms with Crippen molar-refractivity contribution in [3.8, 4) is 0 Å². The molecule has 140 valence electrons. The topological polar surface area (TPSA) is 64.7 Å². The molecule has 0 spiro atoms. The quantitative estimate of drug-likeness (QED) is 0.802. The van der Waals surface area contributed by atoms with Crippen molar-refractivity contribution in [2.75, 3.05) is 39.3 Å². The van der Waals surface area contributed by atoms with Crippen molar-refractivity contribution in [2.45, 2.75) is 46.1 Å². The fourth-order valence-electron chi connectivity index (χ4n) is 3.40. The summed E-state index contributed by atoms with van der Waals surface area (Å²) in [6.07, 6.45) is 2.60. The van der Waals surface area contributed by atoms with Crippen molar-refractivity contribution in [1.82, 2.24) is 20.4 Å². The molecule has 2 atom stereocenters. The average Bonchev–Trinajstić information content (AvgIpc) is 2.53. The molecule has 24 heavy (non-hydrogen) atoms. The summed E-state index contributed by atoms with van der Waals surface area (Å²) < 4.78 is 0. The number of nitrogens with zero attached hydrogens (tertiary/aromatic N) is 2. The van der Waals surface area contributed by atoms with Crippen LogP contribution in [0.1, 0.15) is 40.0 Å². The van der Waals surface area contributed by atoms with Crippen molar-refractivity contribution < 1.29 is 9.59 Å². The highest BCUT2D eigenvalue weighted by molar-refractivity contribution is 5.85. The van der Waals surface area contributed by atoms with E-state index in [0.29, 0.717) is 31.3 Å². The molecule has 0 saturated carbocycles. The van der Waals surface area contributed by atoms with Crippen LogP contribution in [0.4, 0.5) is 4.79 Å². The van der Waals surface area contributed by atoms with Crippen LogP contribution in [0.5, 0.6) is 0 Å². The zero-order valence-electron chi connectivity index (χ0n) is 15.2. The number of piperazine rings is 1. The molecule has 0 bridgehead atoms. The van der Waals surface area contributed by atoms with Gasteiger partial charge >= 0.3 is 6.03 Å². The van der Waals surface area contributed by atoms with Crippen LogP contribution in [0.15, 0.2) is 0 Å². The number of rotatable bonds is 4. The van der Waals surface area contributed by atoms with Gasteiger partial charge in [-0.15, -0.1) is 12.4 Å². The molecule has 2 aliphatic rings. The lowest BCUT2D eigenvalue weighted by Crippen LogP contribution is -2.53. The number of piperidine rings is 1. The summed E-state index contributed by atoms with van der Waals surface area (Å²) in [6, 6.07) is 0.289. The number of hydrogen-bond acceptors (Lipinski definition) is 3. The minimum Gasteiger partial charge on any atom is -0.338 e. The third kappa shape index (κ3) is 6.13. The van der Waals surface area contributed by atoms with Crippen molar-refractivity contribution in [3.05, 3.63) is 0 Å². The first-order valence-electron chi connectivity index (χ1n) is 9.00. The van der Waals surface area contributed by atoms with Gasteiger partial charge in [-0.2, -0.15) is 0 Å². The first-order valence-corrected chi connectivity index (χ1v) is 9.00. The number of carbonyl (C=O) groups is 2. The van der Waals surface area contributed by atoms with E-state index in [2.05, 4.69) is 31.4 Å². The SMILES string of the molecule is CC(C)CNC(=O)N1CCCC(CC(=O)N2CCNC[C@@H]2C)C1.Cl. The number of hydrogen-bond donors (Lipinski definition) is 2. The van der Waals surface area contributed by atoms with E-state index in [9.17, 15) is 9.59 Å². The summed E-state index contributed by atoms with van der Waals surface area (Å²) in [5.41, 5.74) is 0. The molecule has 0 aromatic rings. The predicted octanol–water partition coefficient (Wildman–Crippen LogP) is 1.70. The largest absolute Gasteiger partial charge is 0.338 e. The Kier molecular flexibility index (Phi) is 8.84. The van der Waals surface area contributed by atoms with Crippen molar-refractivity contribution in [1.29, 1.82) is 0 Å². The number of nitrogens with one attached hydrogen (secondary N) is 2. The molecule has 2 fully saturated rings. The molecule has 6 nitrogen and oxygen atoms in total. The van der Waals surface area contributed by atoms with Crippen LogP contribution in [0.2, 0.25) is 0 Å². The number of urea groups is 1. The van der Waals surface area contributed by atoms with Crippen LogP contribution in [0.25, 0.3) is 0 Å². The smallest absolute Gasteiger partial charge is 0.317 e. The second kappa shape index (κ2) is 10.1. The summed E-state index contributed by atoms with van der Waals surface area (Å²) >= 11 is 0. The maximum Gasteiger partial charge on any atom is 0.317 e. The van der Waals surface area contributed by atoms with E-state index >= 15 is 0 Å². The van der Waals surface area contributed by atoms with Gasteiger partial charge < -0.3 is 20.4 Å². The number of amides is 3. The zero-order valence-corrected chi connectivity index (χ0v) is 16.0. The van der Waals surface area contributed by atoms with Crippen LogP contribution < -0.4 is 10.6 Å². The standard InChI is InChI=1S/C17H32N4O2.ClH/c1-13(2)10-19-17(23)20-7-4-5-15(12-20)9-16(22)21-8-6-18-11-14(21)3;/h13-15,18H,4-12H2,1-3H3,(H,19,23);1H/t14-,15?;/m0./s1. The highest BCUT2D eigenvalue weighted by atomic mass is 35.5. The van der Waals surface area contributed by atoms with E-state index < -0.39 is 0 Å². The summed E-state index contributed by atoms with van der Waals surface area (Å²) in [6.45, 7) is 11.0. The average molecular weight is 361 g/mol. The van der Waals surface area contributed by atoms with Crippen LogP contribution in [0, 0.1) is 11.8 Å². The Bertz CT molecular complexity index is 419. The highest BCUT2D eigenvalue weighted by Crippen LogP contribution is 2.21. The maximum absolute atomic E-state index is 12.5. The van der Waals surface area contributed by atoms with Crippen molar-refractivity contribution in [2.24, 2.45) is 11.8 Å². The third-order valence-electron chi connectivity index (χ3n) is 4.75. The molecule has 1 unspecified atom stereocenters. The van der Waals surface area contributed by atoms with Gasteiger partial charge in [0, 0.05) is 51.7 Å². The minimum atomic E-state index is 0. The normalized spacial score (nSPS) is 24.5. The molecular formula is C17H33ClN4O2. The Morgan fingerprint density at radius 3 is 2.71 bits per heavy atom. The Morgan fingerprint density at radius 1 is 1.29 bits per heavy atom. The van der Waals surface area contributed by atoms with Crippen molar-refractivity contribution >= 4 is 24.3 Å². The van der Waals surface area contributed by atoms with Crippen LogP contribution >= 0.6 is 12.4 Å². The molecule has 2 heterocycles. The molecule has 2 N–H and O–H groups in total.